The molecule has 1 aliphatic rings. The summed E-state index contributed by atoms with van der Waals surface area (Å²) in [6.07, 6.45) is 0.582. The fraction of sp³-hybridized carbons (Fsp3) is 0.167. The van der Waals surface area contributed by atoms with E-state index in [2.05, 4.69) is 0 Å². The zero-order valence-electron chi connectivity index (χ0n) is 12.6. The molecule has 0 unspecified atom stereocenters. The fourth-order valence-corrected chi connectivity index (χ4v) is 2.40. The second kappa shape index (κ2) is 6.04. The minimum absolute atomic E-state index is 0.0937. The van der Waals surface area contributed by atoms with Crippen molar-refractivity contribution in [3.05, 3.63) is 70.8 Å². The molecule has 5 heteroatoms. The molecule has 0 fully saturated rings. The molecule has 0 aliphatic carbocycles. The lowest BCUT2D eigenvalue weighted by Gasteiger charge is -2.12. The first-order valence-corrected chi connectivity index (χ1v) is 7.30. The monoisotopic (exact) mass is 309 g/mol. The molecule has 2 aromatic carbocycles. The molecular formula is C18H15NO4. The highest BCUT2D eigenvalue weighted by atomic mass is 16.7. The van der Waals surface area contributed by atoms with E-state index in [0.717, 1.165) is 11.1 Å². The number of hydroxylamine groups is 2. The van der Waals surface area contributed by atoms with Crippen molar-refractivity contribution >= 4 is 17.8 Å². The van der Waals surface area contributed by atoms with Crippen molar-refractivity contribution in [3.63, 3.8) is 0 Å². The van der Waals surface area contributed by atoms with Crippen LogP contribution in [-0.4, -0.2) is 22.8 Å². The summed E-state index contributed by atoms with van der Waals surface area (Å²) in [5.41, 5.74) is 2.64. The maximum Gasteiger partial charge on any atom is 0.333 e. The first-order chi connectivity index (χ1) is 11.1. The van der Waals surface area contributed by atoms with Crippen LogP contribution in [0.1, 0.15) is 38.3 Å². The predicted octanol–water partition coefficient (Wildman–Crippen LogP) is 2.68. The minimum Gasteiger partial charge on any atom is -0.330 e. The van der Waals surface area contributed by atoms with Crippen LogP contribution in [-0.2, 0) is 16.1 Å². The number of amides is 2. The first kappa shape index (κ1) is 15.0. The van der Waals surface area contributed by atoms with Crippen molar-refractivity contribution in [2.75, 3.05) is 0 Å². The summed E-state index contributed by atoms with van der Waals surface area (Å²) in [4.78, 5) is 41.0. The van der Waals surface area contributed by atoms with E-state index in [-0.39, 0.29) is 17.5 Å². The van der Waals surface area contributed by atoms with E-state index >= 15 is 0 Å². The average Bonchev–Trinajstić information content (AvgIpc) is 2.80. The third-order valence-corrected chi connectivity index (χ3v) is 3.69. The number of hydrogen-bond acceptors (Lipinski definition) is 4. The molecule has 1 heterocycles. The number of benzene rings is 2. The van der Waals surface area contributed by atoms with Crippen LogP contribution >= 0.6 is 0 Å². The quantitative estimate of drug-likeness (QED) is 0.815. The average molecular weight is 309 g/mol. The van der Waals surface area contributed by atoms with Gasteiger partial charge in [-0.15, -0.1) is 0 Å². The number of hydrogen-bond donors (Lipinski definition) is 0. The van der Waals surface area contributed by atoms with Crippen LogP contribution in [0.5, 0.6) is 0 Å². The molecule has 0 aromatic heterocycles. The Hall–Kier alpha value is -2.95. The number of imide groups is 1. The molecule has 0 spiro atoms. The molecular weight excluding hydrogens is 294 g/mol. The van der Waals surface area contributed by atoms with Gasteiger partial charge < -0.3 is 4.84 Å². The van der Waals surface area contributed by atoms with Gasteiger partial charge in [-0.3, -0.25) is 9.59 Å². The standard InChI is InChI=1S/C18H15NO4/c1-12-6-8-13(9-7-12)10-11-16(20)23-19-17(21)14-4-2-3-5-15(14)18(19)22/h2-9H,10-11H2,1H3. The maximum absolute atomic E-state index is 12.1. The third kappa shape index (κ3) is 2.99. The minimum atomic E-state index is -0.611. The number of carbonyl (C=O) groups excluding carboxylic acids is 3. The smallest absolute Gasteiger partial charge is 0.330 e. The van der Waals surface area contributed by atoms with Crippen LogP contribution in [0.2, 0.25) is 0 Å². The summed E-state index contributed by atoms with van der Waals surface area (Å²) in [6.45, 7) is 1.99. The molecule has 116 valence electrons. The number of carbonyl (C=O) groups is 3. The Labute approximate surface area is 133 Å². The van der Waals surface area contributed by atoms with E-state index in [9.17, 15) is 14.4 Å². The highest BCUT2D eigenvalue weighted by Gasteiger charge is 2.38. The van der Waals surface area contributed by atoms with Crippen molar-refractivity contribution < 1.29 is 19.2 Å². The van der Waals surface area contributed by atoms with Crippen LogP contribution < -0.4 is 0 Å². The van der Waals surface area contributed by atoms with Crippen molar-refractivity contribution in [2.24, 2.45) is 0 Å². The molecule has 0 atom stereocenters. The SMILES string of the molecule is Cc1ccc(CCC(=O)ON2C(=O)c3ccccc3C2=O)cc1. The Bertz CT molecular complexity index is 745. The Morgan fingerprint density at radius 1 is 0.957 bits per heavy atom. The Morgan fingerprint density at radius 3 is 2.09 bits per heavy atom. The van der Waals surface area contributed by atoms with Crippen molar-refractivity contribution in [1.29, 1.82) is 0 Å². The van der Waals surface area contributed by atoms with Gasteiger partial charge in [0.15, 0.2) is 0 Å². The van der Waals surface area contributed by atoms with Gasteiger partial charge in [0.2, 0.25) is 0 Å². The summed E-state index contributed by atoms with van der Waals surface area (Å²) < 4.78 is 0. The first-order valence-electron chi connectivity index (χ1n) is 7.30. The van der Waals surface area contributed by atoms with Gasteiger partial charge in [0.05, 0.1) is 17.5 Å². The van der Waals surface area contributed by atoms with Gasteiger partial charge in [-0.05, 0) is 31.0 Å². The fourth-order valence-electron chi connectivity index (χ4n) is 2.40. The predicted molar refractivity (Wildman–Crippen MR) is 82.5 cm³/mol. The molecule has 0 bridgehead atoms. The second-order valence-electron chi connectivity index (χ2n) is 5.40. The lowest BCUT2D eigenvalue weighted by molar-refractivity contribution is -0.168. The number of fused-ring (bicyclic) bond motifs is 1. The van der Waals surface area contributed by atoms with Gasteiger partial charge in [0, 0.05) is 0 Å². The van der Waals surface area contributed by atoms with E-state index in [1.165, 1.54) is 12.1 Å². The molecule has 0 saturated heterocycles. The van der Waals surface area contributed by atoms with Crippen molar-refractivity contribution in [2.45, 2.75) is 19.8 Å². The van der Waals surface area contributed by atoms with Gasteiger partial charge in [0.25, 0.3) is 11.8 Å². The zero-order valence-corrected chi connectivity index (χ0v) is 12.6. The van der Waals surface area contributed by atoms with Crippen LogP contribution in [0.15, 0.2) is 48.5 Å². The van der Waals surface area contributed by atoms with Crippen molar-refractivity contribution in [1.82, 2.24) is 5.06 Å². The van der Waals surface area contributed by atoms with Crippen LogP contribution in [0.3, 0.4) is 0 Å². The van der Waals surface area contributed by atoms with Gasteiger partial charge in [-0.2, -0.15) is 0 Å². The summed E-state index contributed by atoms with van der Waals surface area (Å²) in [5, 5.41) is 0.544. The van der Waals surface area contributed by atoms with Gasteiger partial charge in [-0.1, -0.05) is 47.0 Å². The zero-order chi connectivity index (χ0) is 16.4. The van der Waals surface area contributed by atoms with Gasteiger partial charge >= 0.3 is 5.97 Å². The third-order valence-electron chi connectivity index (χ3n) is 3.69. The van der Waals surface area contributed by atoms with Crippen LogP contribution in [0.4, 0.5) is 0 Å². The van der Waals surface area contributed by atoms with E-state index in [1.54, 1.807) is 12.1 Å². The summed E-state index contributed by atoms with van der Waals surface area (Å²) in [7, 11) is 0. The molecule has 5 nitrogen and oxygen atoms in total. The number of nitrogens with zero attached hydrogens (tertiary/aromatic N) is 1. The Balaban J connectivity index is 1.62. The van der Waals surface area contributed by atoms with E-state index < -0.39 is 17.8 Å². The molecule has 1 aliphatic heterocycles. The number of aryl methyl sites for hydroxylation is 2. The molecule has 0 N–H and O–H groups in total. The highest BCUT2D eigenvalue weighted by Crippen LogP contribution is 2.23. The van der Waals surface area contributed by atoms with Crippen LogP contribution in [0, 0.1) is 6.92 Å². The topological polar surface area (TPSA) is 63.7 Å². The molecule has 0 saturated carbocycles. The molecule has 2 aromatic rings. The van der Waals surface area contributed by atoms with Gasteiger partial charge in [0.1, 0.15) is 0 Å². The van der Waals surface area contributed by atoms with Gasteiger partial charge in [-0.25, -0.2) is 4.79 Å². The highest BCUT2D eigenvalue weighted by molar-refractivity contribution is 6.20. The summed E-state index contributed by atoms with van der Waals surface area (Å²) in [5.74, 6) is -1.82. The largest absolute Gasteiger partial charge is 0.333 e. The molecule has 3 rings (SSSR count). The van der Waals surface area contributed by atoms with E-state index in [1.807, 2.05) is 31.2 Å². The van der Waals surface area contributed by atoms with Crippen molar-refractivity contribution in [3.8, 4) is 0 Å². The van der Waals surface area contributed by atoms with E-state index in [0.29, 0.717) is 11.5 Å². The molecule has 0 radical (unpaired) electrons. The summed E-state index contributed by atoms with van der Waals surface area (Å²) in [6, 6.07) is 14.2. The lowest BCUT2D eigenvalue weighted by Crippen LogP contribution is -2.32. The summed E-state index contributed by atoms with van der Waals surface area (Å²) >= 11 is 0. The normalized spacial score (nSPS) is 13.2. The maximum atomic E-state index is 12.1. The Morgan fingerprint density at radius 2 is 1.52 bits per heavy atom. The lowest BCUT2D eigenvalue weighted by atomic mass is 10.1. The number of rotatable bonds is 4. The van der Waals surface area contributed by atoms with E-state index in [4.69, 9.17) is 4.84 Å². The molecule has 23 heavy (non-hydrogen) atoms. The van der Waals surface area contributed by atoms with Crippen LogP contribution in [0.25, 0.3) is 0 Å². The molecule has 2 amide bonds. The Kier molecular flexibility index (Phi) is 3.93. The second-order valence-corrected chi connectivity index (χ2v) is 5.40.